The van der Waals surface area contributed by atoms with Gasteiger partial charge in [-0.15, -0.1) is 0 Å². The lowest BCUT2D eigenvalue weighted by Crippen LogP contribution is -2.48. The van der Waals surface area contributed by atoms with Crippen LogP contribution in [0.2, 0.25) is 0 Å². The monoisotopic (exact) mass is 635 g/mol. The second-order valence-corrected chi connectivity index (χ2v) is 11.9. The summed E-state index contributed by atoms with van der Waals surface area (Å²) in [5, 5.41) is 4.02. The van der Waals surface area contributed by atoms with Crippen LogP contribution in [-0.2, 0) is 21.4 Å². The number of nitrogens with zero attached hydrogens (tertiary/aromatic N) is 1. The van der Waals surface area contributed by atoms with E-state index < -0.39 is 22.0 Å². The Balaban J connectivity index is 1.65. The summed E-state index contributed by atoms with van der Waals surface area (Å²) >= 11 is 7.03. The molecule has 3 aromatic carbocycles. The van der Waals surface area contributed by atoms with Crippen LogP contribution in [0, 0.1) is 12.8 Å². The fourth-order valence-corrected chi connectivity index (χ4v) is 6.00. The molecular weight excluding hydrogens is 610 g/mol. The fraction of sp³-hybridized carbons (Fsp3) is 0.231. The molecule has 0 fully saturated rings. The lowest BCUT2D eigenvalue weighted by atomic mass is 10.1. The molecule has 0 spiro atoms. The lowest BCUT2D eigenvalue weighted by molar-refractivity contribution is -0.123. The molecule has 1 atom stereocenters. The molecule has 0 saturated heterocycles. The summed E-state index contributed by atoms with van der Waals surface area (Å²) < 4.78 is 35.4. The number of hydrogen-bond acceptors (Lipinski definition) is 5. The third kappa shape index (κ3) is 7.73. The molecule has 0 heterocycles. The molecular formula is C26H27Br2N3O4S. The van der Waals surface area contributed by atoms with E-state index in [4.69, 9.17) is 4.74 Å². The Morgan fingerprint density at radius 3 is 2.22 bits per heavy atom. The fourth-order valence-electron chi connectivity index (χ4n) is 3.21. The zero-order valence-electron chi connectivity index (χ0n) is 20.0. The molecule has 7 nitrogen and oxygen atoms in total. The molecule has 190 valence electrons. The van der Waals surface area contributed by atoms with Gasteiger partial charge < -0.3 is 4.74 Å². The molecule has 0 aliphatic carbocycles. The minimum absolute atomic E-state index is 0.0966. The minimum Gasteiger partial charge on any atom is -0.487 e. The van der Waals surface area contributed by atoms with Crippen LogP contribution in [0.25, 0.3) is 0 Å². The maximum atomic E-state index is 12.8. The second kappa shape index (κ2) is 12.6. The summed E-state index contributed by atoms with van der Waals surface area (Å²) in [7, 11) is -3.87. The molecule has 0 aliphatic rings. The summed E-state index contributed by atoms with van der Waals surface area (Å²) in [5.74, 6) is -0.215. The summed E-state index contributed by atoms with van der Waals surface area (Å²) in [6.45, 7) is 5.80. The average molecular weight is 637 g/mol. The van der Waals surface area contributed by atoms with E-state index in [2.05, 4.69) is 47.1 Å². The minimum atomic E-state index is -3.87. The molecule has 0 unspecified atom stereocenters. The van der Waals surface area contributed by atoms with E-state index >= 15 is 0 Å². The topological polar surface area (TPSA) is 96.9 Å². The normalized spacial score (nSPS) is 12.6. The third-order valence-electron chi connectivity index (χ3n) is 5.20. The molecule has 36 heavy (non-hydrogen) atoms. The van der Waals surface area contributed by atoms with Gasteiger partial charge in [0.2, 0.25) is 10.0 Å². The van der Waals surface area contributed by atoms with Crippen molar-refractivity contribution in [1.29, 1.82) is 0 Å². The van der Waals surface area contributed by atoms with Crippen LogP contribution in [0.1, 0.15) is 30.5 Å². The van der Waals surface area contributed by atoms with E-state index in [9.17, 15) is 13.2 Å². The van der Waals surface area contributed by atoms with E-state index in [1.54, 1.807) is 38.1 Å². The quantitative estimate of drug-likeness (QED) is 0.225. The molecule has 2 N–H and O–H groups in total. The van der Waals surface area contributed by atoms with Gasteiger partial charge in [-0.25, -0.2) is 13.8 Å². The number of ether oxygens (including phenoxy) is 1. The van der Waals surface area contributed by atoms with Gasteiger partial charge in [-0.3, -0.25) is 4.79 Å². The van der Waals surface area contributed by atoms with Gasteiger partial charge >= 0.3 is 0 Å². The average Bonchev–Trinajstić information content (AvgIpc) is 2.83. The Morgan fingerprint density at radius 2 is 1.64 bits per heavy atom. The van der Waals surface area contributed by atoms with Crippen molar-refractivity contribution in [3.05, 3.63) is 92.4 Å². The van der Waals surface area contributed by atoms with Gasteiger partial charge in [-0.05, 0) is 80.1 Å². The van der Waals surface area contributed by atoms with Crippen LogP contribution in [0.5, 0.6) is 5.75 Å². The lowest BCUT2D eigenvalue weighted by Gasteiger charge is -2.20. The zero-order valence-corrected chi connectivity index (χ0v) is 24.0. The number of halogens is 2. The van der Waals surface area contributed by atoms with Gasteiger partial charge in [-0.1, -0.05) is 61.9 Å². The third-order valence-corrected chi connectivity index (χ3v) is 7.83. The molecule has 3 rings (SSSR count). The predicted octanol–water partition coefficient (Wildman–Crippen LogP) is 5.55. The Labute approximate surface area is 228 Å². The van der Waals surface area contributed by atoms with Gasteiger partial charge in [0.25, 0.3) is 5.91 Å². The highest BCUT2D eigenvalue weighted by atomic mass is 79.9. The van der Waals surface area contributed by atoms with Crippen LogP contribution >= 0.6 is 31.9 Å². The molecule has 10 heteroatoms. The second-order valence-electron chi connectivity index (χ2n) is 8.48. The highest BCUT2D eigenvalue weighted by Crippen LogP contribution is 2.35. The largest absolute Gasteiger partial charge is 0.487 e. The van der Waals surface area contributed by atoms with E-state index in [-0.39, 0.29) is 10.8 Å². The summed E-state index contributed by atoms with van der Waals surface area (Å²) in [5.41, 5.74) is 5.12. The SMILES string of the molecule is Cc1ccc(S(=O)(=O)N[C@@H](C(=O)N/N=C\c2cc(Br)c(OCc3ccccc3)c(Br)c2)C(C)C)cc1. The Bertz CT molecular complexity index is 1310. The number of rotatable bonds is 10. The van der Waals surface area contributed by atoms with Crippen molar-refractivity contribution in [3.8, 4) is 5.75 Å². The zero-order chi connectivity index (χ0) is 26.3. The maximum absolute atomic E-state index is 12.8. The van der Waals surface area contributed by atoms with Crippen LogP contribution in [0.4, 0.5) is 0 Å². The number of nitrogens with one attached hydrogen (secondary N) is 2. The number of aryl methyl sites for hydroxylation is 1. The summed E-state index contributed by atoms with van der Waals surface area (Å²) in [6.07, 6.45) is 1.47. The van der Waals surface area contributed by atoms with Gasteiger partial charge in [0, 0.05) is 0 Å². The Morgan fingerprint density at radius 1 is 1.03 bits per heavy atom. The smallest absolute Gasteiger partial charge is 0.258 e. The first-order valence-corrected chi connectivity index (χ1v) is 14.2. The van der Waals surface area contributed by atoms with Gasteiger partial charge in [0.15, 0.2) is 0 Å². The number of hydrogen-bond donors (Lipinski definition) is 2. The first-order valence-electron chi connectivity index (χ1n) is 11.1. The number of benzene rings is 3. The first kappa shape index (κ1) is 28.0. The number of sulfonamides is 1. The maximum Gasteiger partial charge on any atom is 0.258 e. The standard InChI is InChI=1S/C26H27Br2N3O4S/c1-17(2)24(31-36(33,34)21-11-9-18(3)10-12-21)26(32)30-29-15-20-13-22(27)25(23(28)14-20)35-16-19-7-5-4-6-8-19/h4-15,17,24,31H,16H2,1-3H3,(H,30,32)/b29-15-/t24-/m1/s1. The number of hydrazone groups is 1. The first-order chi connectivity index (χ1) is 17.1. The Hall–Kier alpha value is -2.53. The molecule has 0 radical (unpaired) electrons. The van der Waals surface area contributed by atoms with Crippen molar-refractivity contribution in [2.24, 2.45) is 11.0 Å². The number of carbonyl (C=O) groups is 1. The van der Waals surface area contributed by atoms with Crippen molar-refractivity contribution in [2.75, 3.05) is 0 Å². The van der Waals surface area contributed by atoms with Crippen LogP contribution in [0.15, 0.2) is 85.7 Å². The highest BCUT2D eigenvalue weighted by Gasteiger charge is 2.28. The molecule has 3 aromatic rings. The van der Waals surface area contributed by atoms with Crippen molar-refractivity contribution < 1.29 is 17.9 Å². The van der Waals surface area contributed by atoms with Gasteiger partial charge in [0.05, 0.1) is 20.1 Å². The van der Waals surface area contributed by atoms with Crippen molar-refractivity contribution in [3.63, 3.8) is 0 Å². The highest BCUT2D eigenvalue weighted by molar-refractivity contribution is 9.11. The van der Waals surface area contributed by atoms with Crippen LogP contribution in [-0.4, -0.2) is 26.6 Å². The predicted molar refractivity (Wildman–Crippen MR) is 148 cm³/mol. The van der Waals surface area contributed by atoms with E-state index in [1.165, 1.54) is 18.3 Å². The van der Waals surface area contributed by atoms with Gasteiger partial charge in [-0.2, -0.15) is 9.82 Å². The number of amides is 1. The van der Waals surface area contributed by atoms with E-state index in [0.29, 0.717) is 26.9 Å². The van der Waals surface area contributed by atoms with Crippen LogP contribution in [0.3, 0.4) is 0 Å². The molecule has 0 saturated carbocycles. The van der Waals surface area contributed by atoms with Crippen molar-refractivity contribution in [1.82, 2.24) is 10.1 Å². The van der Waals surface area contributed by atoms with E-state index in [1.807, 2.05) is 37.3 Å². The Kier molecular flexibility index (Phi) is 9.84. The molecule has 0 aromatic heterocycles. The van der Waals surface area contributed by atoms with Crippen LogP contribution < -0.4 is 14.9 Å². The summed E-state index contributed by atoms with van der Waals surface area (Å²) in [4.78, 5) is 12.9. The molecule has 0 bridgehead atoms. The molecule has 1 amide bonds. The van der Waals surface area contributed by atoms with Crippen molar-refractivity contribution in [2.45, 2.75) is 38.3 Å². The van der Waals surface area contributed by atoms with Gasteiger partial charge in [0.1, 0.15) is 18.4 Å². The number of carbonyl (C=O) groups excluding carboxylic acids is 1. The molecule has 0 aliphatic heterocycles. The van der Waals surface area contributed by atoms with E-state index in [0.717, 1.165) is 11.1 Å². The van der Waals surface area contributed by atoms with Crippen molar-refractivity contribution >= 4 is 54.0 Å². The summed E-state index contributed by atoms with van der Waals surface area (Å²) in [6, 6.07) is 18.9.